The van der Waals surface area contributed by atoms with Crippen LogP contribution in [-0.4, -0.2) is 131 Å². The van der Waals surface area contributed by atoms with Gasteiger partial charge in [-0.05, 0) is 54.8 Å². The van der Waals surface area contributed by atoms with Crippen LogP contribution in [0.25, 0.3) is 22.3 Å². The zero-order valence-electron chi connectivity index (χ0n) is 37.7. The smallest absolute Gasteiger partial charge is 0.497 e. The van der Waals surface area contributed by atoms with Crippen LogP contribution in [0.4, 0.5) is 26.3 Å². The van der Waals surface area contributed by atoms with E-state index in [9.17, 15) is 46.1 Å². The van der Waals surface area contributed by atoms with Crippen LogP contribution < -0.4 is 20.6 Å². The molecule has 2 fully saturated rings. The number of aromatic amines is 2. The molecule has 378 valence electrons. The first-order chi connectivity index (χ1) is 33.7. The van der Waals surface area contributed by atoms with Gasteiger partial charge in [0.1, 0.15) is 65.4 Å². The molecule has 2 aliphatic rings. The highest BCUT2D eigenvalue weighted by atomic mass is 19.4. The number of aromatic nitrogens is 8. The van der Waals surface area contributed by atoms with Gasteiger partial charge in [-0.25, -0.2) is 19.9 Å². The number of fused-ring (bicyclic) bond motifs is 2. The van der Waals surface area contributed by atoms with Crippen LogP contribution in [0.5, 0.6) is 11.5 Å². The molecule has 3 aromatic carbocycles. The molecule has 2 aliphatic heterocycles. The molecular weight excluding hydrogens is 959 g/mol. The summed E-state index contributed by atoms with van der Waals surface area (Å²) in [5.41, 5.74) is -0.720. The van der Waals surface area contributed by atoms with Crippen LogP contribution in [-0.2, 0) is 29.3 Å². The number of H-pyrrole nitrogens is 2. The Kier molecular flexibility index (Phi) is 14.4. The third-order valence-electron chi connectivity index (χ3n) is 11.6. The molecule has 7 aromatic rings. The fraction of sp³-hybridized carbons (Fsp3) is 0.378. The minimum Gasteiger partial charge on any atom is -0.497 e. The van der Waals surface area contributed by atoms with Crippen molar-refractivity contribution >= 4 is 22.3 Å². The van der Waals surface area contributed by atoms with Crippen LogP contribution in [0.2, 0.25) is 0 Å². The summed E-state index contributed by atoms with van der Waals surface area (Å²) >= 11 is 0. The van der Waals surface area contributed by atoms with Crippen molar-refractivity contribution in [1.82, 2.24) is 39.0 Å². The number of nitrogens with one attached hydrogen (secondary N) is 2. The van der Waals surface area contributed by atoms with E-state index in [0.717, 1.165) is 21.8 Å². The summed E-state index contributed by atoms with van der Waals surface area (Å²) < 4.78 is 118. The highest BCUT2D eigenvalue weighted by Gasteiger charge is 2.53. The predicted molar refractivity (Wildman–Crippen MR) is 233 cm³/mol. The summed E-state index contributed by atoms with van der Waals surface area (Å²) in [6, 6.07) is 23.6. The van der Waals surface area contributed by atoms with Gasteiger partial charge >= 0.3 is 12.7 Å². The molecule has 4 aromatic heterocycles. The van der Waals surface area contributed by atoms with Crippen molar-refractivity contribution < 1.29 is 74.8 Å². The summed E-state index contributed by atoms with van der Waals surface area (Å²) in [5.74, 6) is 1.64. The van der Waals surface area contributed by atoms with E-state index in [4.69, 9.17) is 28.8 Å². The molecule has 26 heteroatoms. The number of alkyl halides is 6. The summed E-state index contributed by atoms with van der Waals surface area (Å²) in [6.07, 6.45) is -21.0. The Morgan fingerprint density at radius 1 is 0.634 bits per heavy atom. The van der Waals surface area contributed by atoms with E-state index in [0.29, 0.717) is 28.2 Å². The van der Waals surface area contributed by atoms with Crippen LogP contribution in [0.3, 0.4) is 0 Å². The Balaban J connectivity index is 0.000000236. The number of halogens is 6. The minimum absolute atomic E-state index is 0.0252. The van der Waals surface area contributed by atoms with E-state index in [2.05, 4.69) is 39.4 Å². The van der Waals surface area contributed by atoms with Gasteiger partial charge < -0.3 is 49.0 Å². The number of imidazole rings is 2. The predicted octanol–water partition coefficient (Wildman–Crippen LogP) is 4.20. The quantitative estimate of drug-likeness (QED) is 0.0802. The maximum atomic E-state index is 13.7. The second-order valence-electron chi connectivity index (χ2n) is 16.1. The average Bonchev–Trinajstić information content (AvgIpc) is 4.10. The Morgan fingerprint density at radius 2 is 1.04 bits per heavy atom. The van der Waals surface area contributed by atoms with Crippen LogP contribution in [0.1, 0.15) is 40.8 Å². The van der Waals surface area contributed by atoms with Gasteiger partial charge in [-0.1, -0.05) is 54.6 Å². The number of ether oxygens (including phenoxy) is 7. The van der Waals surface area contributed by atoms with E-state index in [-0.39, 0.29) is 40.6 Å². The fourth-order valence-corrected chi connectivity index (χ4v) is 8.46. The first-order valence-corrected chi connectivity index (χ1v) is 21.4. The molecule has 6 heterocycles. The molecule has 2 saturated heterocycles. The van der Waals surface area contributed by atoms with Crippen molar-refractivity contribution in [2.45, 2.75) is 81.3 Å². The molecular formula is C45H44F6N8O12. The Hall–Kier alpha value is -6.78. The lowest BCUT2D eigenvalue weighted by Gasteiger charge is -2.37. The van der Waals surface area contributed by atoms with Crippen molar-refractivity contribution in [2.75, 3.05) is 27.4 Å². The molecule has 8 atom stereocenters. The lowest BCUT2D eigenvalue weighted by Crippen LogP contribution is -2.41. The SMILES string of the molecule is COc1ccc(C(OC[C@H]2O[C@@H](n3cnc4c(=O)[nH]c(C)nc43)C(OC(F)(F)F)[C@H]2O)(c2ccccc2)c2ccc(OC)cc2)cc1.Cc1nc2c(ncn2[C@@H]2O[C@H](CO)[C@H](O)C2OC(F)(F)F)c(=O)[nH]1. The van der Waals surface area contributed by atoms with Gasteiger partial charge in [-0.15, -0.1) is 26.3 Å². The number of hydrogen-bond acceptors (Lipinski definition) is 16. The first-order valence-electron chi connectivity index (χ1n) is 21.4. The standard InChI is InChI=1S/C33H31F3N4O7.C12H13F3N4O5/c1-19-38-29-26(30(42)39-19)37-18-40(29)31-28(47-33(34,35)36)27(41)25(46-31)17-45-32(20-7-5-4-6-8-20,21-9-13-23(43-2)14-10-21)22-11-15-24(44-3)16-12-22;1-4-17-9-6(10(22)18-4)16-3-19(9)11-8(24-12(13,14)15)7(21)5(2-20)23-11/h4-16,18,25,27-28,31,41H,17H2,1-3H3,(H,38,39,42);3,5,7-8,11,20-21H,2H2,1H3,(H,17,18,22)/t25-,27+,28?,31-;5-,7+,8?,11-/m11/s1. The fourth-order valence-electron chi connectivity index (χ4n) is 8.46. The van der Waals surface area contributed by atoms with Crippen molar-refractivity contribution in [3.63, 3.8) is 0 Å². The van der Waals surface area contributed by atoms with Crippen molar-refractivity contribution in [2.24, 2.45) is 0 Å². The Morgan fingerprint density at radius 3 is 1.45 bits per heavy atom. The number of aliphatic hydroxyl groups excluding tert-OH is 3. The number of aryl methyl sites for hydroxylation is 2. The van der Waals surface area contributed by atoms with Crippen LogP contribution in [0.15, 0.2) is 101 Å². The topological polar surface area (TPSA) is 252 Å². The largest absolute Gasteiger partial charge is 0.523 e. The van der Waals surface area contributed by atoms with Crippen molar-refractivity contribution in [3.8, 4) is 11.5 Å². The lowest BCUT2D eigenvalue weighted by atomic mass is 9.80. The van der Waals surface area contributed by atoms with E-state index >= 15 is 0 Å². The van der Waals surface area contributed by atoms with E-state index in [1.807, 2.05) is 54.6 Å². The van der Waals surface area contributed by atoms with Gasteiger partial charge in [0.05, 0.1) is 40.1 Å². The minimum atomic E-state index is -5.12. The lowest BCUT2D eigenvalue weighted by molar-refractivity contribution is -0.356. The second kappa shape index (κ2) is 20.1. The summed E-state index contributed by atoms with van der Waals surface area (Å²) in [7, 11) is 3.09. The van der Waals surface area contributed by atoms with Gasteiger partial charge in [0.25, 0.3) is 11.1 Å². The van der Waals surface area contributed by atoms with Crippen LogP contribution >= 0.6 is 0 Å². The summed E-state index contributed by atoms with van der Waals surface area (Å²) in [6.45, 7) is 1.91. The molecule has 9 rings (SSSR count). The summed E-state index contributed by atoms with van der Waals surface area (Å²) in [5, 5.41) is 30.4. The molecule has 0 amide bonds. The molecule has 0 aliphatic carbocycles. The van der Waals surface area contributed by atoms with Gasteiger partial charge in [0, 0.05) is 0 Å². The molecule has 20 nitrogen and oxygen atoms in total. The maximum absolute atomic E-state index is 13.7. The van der Waals surface area contributed by atoms with Gasteiger partial charge in [-0.2, -0.15) is 0 Å². The first kappa shape index (κ1) is 50.6. The molecule has 0 spiro atoms. The highest BCUT2D eigenvalue weighted by molar-refractivity contribution is 5.70. The molecule has 0 radical (unpaired) electrons. The number of nitrogens with zero attached hydrogens (tertiary/aromatic N) is 6. The molecule has 0 bridgehead atoms. The zero-order valence-corrected chi connectivity index (χ0v) is 37.7. The highest BCUT2D eigenvalue weighted by Crippen LogP contribution is 2.44. The van der Waals surface area contributed by atoms with Crippen molar-refractivity contribution in [1.29, 1.82) is 0 Å². The van der Waals surface area contributed by atoms with Gasteiger partial charge in [-0.3, -0.25) is 28.2 Å². The number of hydrogen-bond donors (Lipinski definition) is 5. The number of methoxy groups -OCH3 is 2. The third kappa shape index (κ3) is 10.4. The second-order valence-corrected chi connectivity index (χ2v) is 16.1. The number of aliphatic hydroxyl groups is 3. The molecule has 2 unspecified atom stereocenters. The van der Waals surface area contributed by atoms with Gasteiger partial charge in [0.15, 0.2) is 34.8 Å². The van der Waals surface area contributed by atoms with Crippen LogP contribution in [0, 0.1) is 13.8 Å². The maximum Gasteiger partial charge on any atom is 0.523 e. The molecule has 5 N–H and O–H groups in total. The molecule has 71 heavy (non-hydrogen) atoms. The molecule has 0 saturated carbocycles. The zero-order chi connectivity index (χ0) is 51.0. The van der Waals surface area contributed by atoms with E-state index < -0.39 is 85.1 Å². The number of benzene rings is 3. The van der Waals surface area contributed by atoms with E-state index in [1.165, 1.54) is 13.8 Å². The Labute approximate surface area is 396 Å². The Bertz CT molecular complexity index is 3010. The summed E-state index contributed by atoms with van der Waals surface area (Å²) in [4.78, 5) is 45.3. The monoisotopic (exact) mass is 1000 g/mol. The normalized spacial score (nSPS) is 22.7. The average molecular weight is 1000 g/mol. The van der Waals surface area contributed by atoms with E-state index in [1.54, 1.807) is 38.5 Å². The van der Waals surface area contributed by atoms with Crippen molar-refractivity contribution in [3.05, 3.63) is 141 Å². The third-order valence-corrected chi connectivity index (χ3v) is 11.6. The number of rotatable bonds is 13. The van der Waals surface area contributed by atoms with Gasteiger partial charge in [0.2, 0.25) is 0 Å².